The van der Waals surface area contributed by atoms with Crippen LogP contribution < -0.4 is 0 Å². The number of hydrogen-bond acceptors (Lipinski definition) is 4. The Bertz CT molecular complexity index is 526. The zero-order chi connectivity index (χ0) is 16.3. The van der Waals surface area contributed by atoms with Gasteiger partial charge in [-0.2, -0.15) is 13.2 Å². The van der Waals surface area contributed by atoms with Gasteiger partial charge in [0.2, 0.25) is 0 Å². The molecule has 1 atom stereocenters. The lowest BCUT2D eigenvalue weighted by atomic mass is 10.1. The van der Waals surface area contributed by atoms with E-state index >= 15 is 0 Å². The molecule has 0 aromatic carbocycles. The van der Waals surface area contributed by atoms with Crippen molar-refractivity contribution in [1.29, 1.82) is 0 Å². The number of pyridine rings is 1. The van der Waals surface area contributed by atoms with Gasteiger partial charge in [0.05, 0.1) is 11.3 Å². The zero-order valence-corrected chi connectivity index (χ0v) is 12.2. The number of halogens is 3. The van der Waals surface area contributed by atoms with E-state index in [1.165, 1.54) is 24.1 Å². The van der Waals surface area contributed by atoms with E-state index in [9.17, 15) is 23.1 Å². The molecular weight excluding hydrogens is 299 g/mol. The molecule has 22 heavy (non-hydrogen) atoms. The van der Waals surface area contributed by atoms with Crippen molar-refractivity contribution in [3.63, 3.8) is 0 Å². The van der Waals surface area contributed by atoms with Gasteiger partial charge in [0.1, 0.15) is 6.10 Å². The van der Waals surface area contributed by atoms with Gasteiger partial charge in [0.15, 0.2) is 0 Å². The van der Waals surface area contributed by atoms with Crippen molar-refractivity contribution in [3.05, 3.63) is 29.6 Å². The second-order valence-electron chi connectivity index (χ2n) is 5.27. The van der Waals surface area contributed by atoms with Gasteiger partial charge in [0.25, 0.3) is 5.91 Å². The van der Waals surface area contributed by atoms with E-state index in [-0.39, 0.29) is 18.1 Å². The van der Waals surface area contributed by atoms with Crippen LogP contribution in [0.2, 0.25) is 0 Å². The third kappa shape index (κ3) is 3.95. The number of carbonyl (C=O) groups excluding carboxylic acids is 1. The number of rotatable bonds is 3. The summed E-state index contributed by atoms with van der Waals surface area (Å²) in [5.41, 5.74) is -0.734. The fraction of sp³-hybridized carbons (Fsp3) is 0.571. The van der Waals surface area contributed by atoms with Gasteiger partial charge < -0.3 is 10.0 Å². The SMILES string of the molecule is CC(O)C(=O)N1CCN(Cc2ncccc2C(F)(F)F)CC1. The Morgan fingerprint density at radius 2 is 2.00 bits per heavy atom. The number of hydrogen-bond donors (Lipinski definition) is 1. The molecular formula is C14H18F3N3O2. The molecule has 0 bridgehead atoms. The maximum Gasteiger partial charge on any atom is 0.418 e. The molecule has 0 spiro atoms. The average molecular weight is 317 g/mol. The topological polar surface area (TPSA) is 56.7 Å². The Labute approximate surface area is 126 Å². The lowest BCUT2D eigenvalue weighted by Gasteiger charge is -2.35. The molecule has 2 heterocycles. The molecule has 1 unspecified atom stereocenters. The maximum atomic E-state index is 12.9. The molecule has 1 aliphatic rings. The van der Waals surface area contributed by atoms with Crippen LogP contribution in [0.15, 0.2) is 18.3 Å². The third-order valence-electron chi connectivity index (χ3n) is 3.61. The van der Waals surface area contributed by atoms with Crippen molar-refractivity contribution in [1.82, 2.24) is 14.8 Å². The van der Waals surface area contributed by atoms with Crippen LogP contribution in [0, 0.1) is 0 Å². The summed E-state index contributed by atoms with van der Waals surface area (Å²) in [7, 11) is 0. The smallest absolute Gasteiger partial charge is 0.384 e. The van der Waals surface area contributed by atoms with Crippen molar-refractivity contribution in [2.45, 2.75) is 25.7 Å². The molecule has 1 saturated heterocycles. The number of amides is 1. The van der Waals surface area contributed by atoms with E-state index in [2.05, 4.69) is 4.98 Å². The van der Waals surface area contributed by atoms with Crippen molar-refractivity contribution in [2.75, 3.05) is 26.2 Å². The largest absolute Gasteiger partial charge is 0.418 e. The number of nitrogens with zero attached hydrogens (tertiary/aromatic N) is 3. The molecule has 1 fully saturated rings. The number of aliphatic hydroxyl groups excluding tert-OH is 1. The highest BCUT2D eigenvalue weighted by atomic mass is 19.4. The summed E-state index contributed by atoms with van der Waals surface area (Å²) in [4.78, 5) is 18.8. The lowest BCUT2D eigenvalue weighted by molar-refractivity contribution is -0.141. The molecule has 1 aromatic heterocycles. The number of carbonyl (C=O) groups is 1. The summed E-state index contributed by atoms with van der Waals surface area (Å²) in [5.74, 6) is -0.353. The molecule has 2 rings (SSSR count). The normalized spacial score (nSPS) is 18.3. The molecule has 122 valence electrons. The second-order valence-corrected chi connectivity index (χ2v) is 5.27. The molecule has 1 N–H and O–H groups in total. The van der Waals surface area contributed by atoms with E-state index in [0.29, 0.717) is 26.2 Å². The Hall–Kier alpha value is -1.67. The van der Waals surface area contributed by atoms with Crippen LogP contribution in [0.3, 0.4) is 0 Å². The summed E-state index contributed by atoms with van der Waals surface area (Å²) < 4.78 is 38.8. The highest BCUT2D eigenvalue weighted by Gasteiger charge is 2.34. The summed E-state index contributed by atoms with van der Waals surface area (Å²) >= 11 is 0. The van der Waals surface area contributed by atoms with Crippen LogP contribution in [0.25, 0.3) is 0 Å². The number of aromatic nitrogens is 1. The Kier molecular flexibility index (Phi) is 5.02. The van der Waals surface area contributed by atoms with Crippen LogP contribution in [0.4, 0.5) is 13.2 Å². The minimum absolute atomic E-state index is 0.00898. The summed E-state index contributed by atoms with van der Waals surface area (Å²) in [6.07, 6.45) is -4.13. The molecule has 1 aromatic rings. The van der Waals surface area contributed by atoms with E-state index in [1.807, 2.05) is 4.90 Å². The van der Waals surface area contributed by atoms with Gasteiger partial charge in [-0.05, 0) is 19.1 Å². The van der Waals surface area contributed by atoms with Gasteiger partial charge in [-0.3, -0.25) is 14.7 Å². The first-order valence-electron chi connectivity index (χ1n) is 6.99. The van der Waals surface area contributed by atoms with Crippen LogP contribution >= 0.6 is 0 Å². The van der Waals surface area contributed by atoms with E-state index in [4.69, 9.17) is 0 Å². The Morgan fingerprint density at radius 1 is 1.36 bits per heavy atom. The fourth-order valence-electron chi connectivity index (χ4n) is 2.42. The maximum absolute atomic E-state index is 12.9. The zero-order valence-electron chi connectivity index (χ0n) is 12.2. The van der Waals surface area contributed by atoms with Crippen molar-refractivity contribution in [2.24, 2.45) is 0 Å². The molecule has 0 saturated carbocycles. The lowest BCUT2D eigenvalue weighted by Crippen LogP contribution is -2.50. The second kappa shape index (κ2) is 6.62. The van der Waals surface area contributed by atoms with Gasteiger partial charge in [-0.25, -0.2) is 0 Å². The molecule has 0 aliphatic carbocycles. The first-order valence-corrected chi connectivity index (χ1v) is 6.99. The van der Waals surface area contributed by atoms with Crippen molar-refractivity contribution < 1.29 is 23.1 Å². The van der Waals surface area contributed by atoms with Crippen molar-refractivity contribution >= 4 is 5.91 Å². The molecule has 5 nitrogen and oxygen atoms in total. The Morgan fingerprint density at radius 3 is 2.55 bits per heavy atom. The minimum atomic E-state index is -4.42. The van der Waals surface area contributed by atoms with Crippen LogP contribution in [-0.4, -0.2) is 58.1 Å². The predicted molar refractivity (Wildman–Crippen MR) is 72.8 cm³/mol. The van der Waals surface area contributed by atoms with Crippen LogP contribution in [0.5, 0.6) is 0 Å². The highest BCUT2D eigenvalue weighted by Crippen LogP contribution is 2.31. The Balaban J connectivity index is 1.99. The van der Waals surface area contributed by atoms with Gasteiger partial charge in [0, 0.05) is 38.9 Å². The summed E-state index contributed by atoms with van der Waals surface area (Å²) in [5, 5.41) is 9.26. The number of alkyl halides is 3. The number of piperazine rings is 1. The van der Waals surface area contributed by atoms with Gasteiger partial charge in [-0.1, -0.05) is 0 Å². The van der Waals surface area contributed by atoms with Gasteiger partial charge >= 0.3 is 6.18 Å². The van der Waals surface area contributed by atoms with Crippen LogP contribution in [0.1, 0.15) is 18.2 Å². The standard InChI is InChI=1S/C14H18F3N3O2/c1-10(21)13(22)20-7-5-19(6-8-20)9-12-11(14(15,16)17)3-2-4-18-12/h2-4,10,21H,5-9H2,1H3. The van der Waals surface area contributed by atoms with Crippen LogP contribution in [-0.2, 0) is 17.5 Å². The average Bonchev–Trinajstić information content (AvgIpc) is 2.46. The highest BCUT2D eigenvalue weighted by molar-refractivity contribution is 5.80. The van der Waals surface area contributed by atoms with Crippen molar-refractivity contribution in [3.8, 4) is 0 Å². The third-order valence-corrected chi connectivity index (χ3v) is 3.61. The molecule has 0 radical (unpaired) electrons. The summed E-state index contributed by atoms with van der Waals surface area (Å²) in [6, 6.07) is 2.29. The molecule has 1 amide bonds. The fourth-order valence-corrected chi connectivity index (χ4v) is 2.42. The van der Waals surface area contributed by atoms with Gasteiger partial charge in [-0.15, -0.1) is 0 Å². The first kappa shape index (κ1) is 16.7. The number of aliphatic hydroxyl groups is 1. The summed E-state index contributed by atoms with van der Waals surface area (Å²) in [6.45, 7) is 3.17. The van der Waals surface area contributed by atoms with E-state index in [1.54, 1.807) is 0 Å². The molecule has 8 heteroatoms. The predicted octanol–water partition coefficient (Wildman–Crippen LogP) is 1.13. The first-order chi connectivity index (χ1) is 10.3. The van der Waals surface area contributed by atoms with E-state index < -0.39 is 17.8 Å². The minimum Gasteiger partial charge on any atom is -0.384 e. The van der Waals surface area contributed by atoms with E-state index in [0.717, 1.165) is 6.07 Å². The quantitative estimate of drug-likeness (QED) is 0.908. The molecule has 1 aliphatic heterocycles. The monoisotopic (exact) mass is 317 g/mol.